The maximum Gasteiger partial charge on any atom is 0.207 e. The van der Waals surface area contributed by atoms with Crippen molar-refractivity contribution >= 4 is 43.9 Å². The molecule has 0 bridgehead atoms. The molecule has 0 saturated carbocycles. The maximum absolute atomic E-state index is 12.7. The Morgan fingerprint density at radius 1 is 0.857 bits per heavy atom. The molecule has 0 N–H and O–H groups in total. The van der Waals surface area contributed by atoms with Gasteiger partial charge in [-0.1, -0.05) is 29.3 Å². The van der Waals surface area contributed by atoms with Crippen LogP contribution in [-0.4, -0.2) is 13.4 Å². The number of benzene rings is 2. The average Bonchev–Trinajstić information content (AvgIpc) is 2.46. The van der Waals surface area contributed by atoms with Crippen molar-refractivity contribution in [2.75, 3.05) is 0 Å². The fourth-order valence-corrected chi connectivity index (χ4v) is 3.81. The van der Waals surface area contributed by atoms with E-state index in [1.807, 2.05) is 0 Å². The molecule has 0 fully saturated rings. The van der Waals surface area contributed by atoms with E-state index < -0.39 is 9.84 Å². The maximum atomic E-state index is 12.7. The third kappa shape index (κ3) is 2.62. The minimum atomic E-state index is -3.64. The molecule has 3 aromatic rings. The summed E-state index contributed by atoms with van der Waals surface area (Å²) in [6.45, 7) is 0. The zero-order valence-electron chi connectivity index (χ0n) is 10.6. The zero-order chi connectivity index (χ0) is 15.0. The molecule has 0 spiro atoms. The molecule has 21 heavy (non-hydrogen) atoms. The number of fused-ring (bicyclic) bond motifs is 1. The highest BCUT2D eigenvalue weighted by Gasteiger charge is 2.20. The molecule has 0 atom stereocenters. The quantitative estimate of drug-likeness (QED) is 0.697. The van der Waals surface area contributed by atoms with Crippen molar-refractivity contribution in [2.24, 2.45) is 0 Å². The van der Waals surface area contributed by atoms with Crippen molar-refractivity contribution in [1.29, 1.82) is 0 Å². The van der Waals surface area contributed by atoms with Crippen LogP contribution < -0.4 is 0 Å². The molecule has 0 aliphatic heterocycles. The third-order valence-corrected chi connectivity index (χ3v) is 5.39. The van der Waals surface area contributed by atoms with E-state index >= 15 is 0 Å². The summed E-state index contributed by atoms with van der Waals surface area (Å²) in [6.07, 6.45) is 1.46. The van der Waals surface area contributed by atoms with Gasteiger partial charge in [-0.2, -0.15) is 0 Å². The summed E-state index contributed by atoms with van der Waals surface area (Å²) >= 11 is 11.7. The predicted molar refractivity (Wildman–Crippen MR) is 83.7 cm³/mol. The number of aromatic nitrogens is 1. The summed E-state index contributed by atoms with van der Waals surface area (Å²) in [5.41, 5.74) is 0.539. The molecule has 3 rings (SSSR count). The summed E-state index contributed by atoms with van der Waals surface area (Å²) in [5.74, 6) is 0. The number of sulfone groups is 1. The van der Waals surface area contributed by atoms with Crippen LogP contribution in [-0.2, 0) is 9.84 Å². The molecule has 0 saturated heterocycles. The molecular formula is C15H9Cl2NO2S. The lowest BCUT2D eigenvalue weighted by molar-refractivity contribution is 0.597. The first-order valence-electron chi connectivity index (χ1n) is 6.03. The van der Waals surface area contributed by atoms with Gasteiger partial charge in [-0.25, -0.2) is 8.42 Å². The molecule has 106 valence electrons. The van der Waals surface area contributed by atoms with Crippen molar-refractivity contribution in [1.82, 2.24) is 4.98 Å². The molecular weight excluding hydrogens is 329 g/mol. The Bertz CT molecular complexity index is 922. The van der Waals surface area contributed by atoms with Gasteiger partial charge in [-0.15, -0.1) is 0 Å². The van der Waals surface area contributed by atoms with Crippen LogP contribution >= 0.6 is 23.2 Å². The minimum Gasteiger partial charge on any atom is -0.256 e. The Hall–Kier alpha value is -1.62. The first-order chi connectivity index (χ1) is 9.98. The highest BCUT2D eigenvalue weighted by molar-refractivity contribution is 7.91. The second-order valence-corrected chi connectivity index (χ2v) is 7.22. The van der Waals surface area contributed by atoms with E-state index in [1.54, 1.807) is 30.3 Å². The van der Waals surface area contributed by atoms with E-state index in [0.717, 1.165) is 0 Å². The van der Waals surface area contributed by atoms with Gasteiger partial charge in [0.1, 0.15) is 0 Å². The Labute approximate surface area is 132 Å². The van der Waals surface area contributed by atoms with Gasteiger partial charge in [0, 0.05) is 21.6 Å². The number of halogens is 2. The Kier molecular flexibility index (Phi) is 3.61. The third-order valence-electron chi connectivity index (χ3n) is 3.08. The largest absolute Gasteiger partial charge is 0.256 e. The van der Waals surface area contributed by atoms with E-state index in [4.69, 9.17) is 23.2 Å². The van der Waals surface area contributed by atoms with Crippen LogP contribution in [0.1, 0.15) is 0 Å². The second kappa shape index (κ2) is 5.30. The summed E-state index contributed by atoms with van der Waals surface area (Å²) in [5, 5.41) is 1.54. The lowest BCUT2D eigenvalue weighted by Crippen LogP contribution is -2.03. The molecule has 2 aromatic carbocycles. The SMILES string of the molecule is O=S(=O)(c1ccc(Cl)cc1)c1ccnc2cc(Cl)ccc12. The van der Waals surface area contributed by atoms with Gasteiger partial charge in [-0.3, -0.25) is 4.98 Å². The fraction of sp³-hybridized carbons (Fsp3) is 0. The van der Waals surface area contributed by atoms with Crippen molar-refractivity contribution in [2.45, 2.75) is 9.79 Å². The number of hydrogen-bond donors (Lipinski definition) is 0. The van der Waals surface area contributed by atoms with Crippen LogP contribution in [0.15, 0.2) is 64.5 Å². The first-order valence-corrected chi connectivity index (χ1v) is 8.27. The lowest BCUT2D eigenvalue weighted by atomic mass is 10.2. The van der Waals surface area contributed by atoms with Crippen LogP contribution in [0.4, 0.5) is 0 Å². The van der Waals surface area contributed by atoms with E-state index in [0.29, 0.717) is 20.9 Å². The van der Waals surface area contributed by atoms with Crippen molar-refractivity contribution in [3.05, 3.63) is 64.8 Å². The fourth-order valence-electron chi connectivity index (χ4n) is 2.07. The summed E-state index contributed by atoms with van der Waals surface area (Å²) in [7, 11) is -3.64. The summed E-state index contributed by atoms with van der Waals surface area (Å²) < 4.78 is 25.5. The molecule has 0 radical (unpaired) electrons. The summed E-state index contributed by atoms with van der Waals surface area (Å²) in [4.78, 5) is 4.54. The van der Waals surface area contributed by atoms with Gasteiger partial charge in [0.15, 0.2) is 0 Å². The number of nitrogens with zero attached hydrogens (tertiary/aromatic N) is 1. The Balaban J connectivity index is 2.26. The van der Waals surface area contributed by atoms with Gasteiger partial charge in [0.2, 0.25) is 9.84 Å². The van der Waals surface area contributed by atoms with Gasteiger partial charge in [0.25, 0.3) is 0 Å². The Morgan fingerprint density at radius 3 is 2.24 bits per heavy atom. The summed E-state index contributed by atoms with van der Waals surface area (Å²) in [6, 6.07) is 12.5. The molecule has 1 aromatic heterocycles. The predicted octanol–water partition coefficient (Wildman–Crippen LogP) is 4.37. The molecule has 6 heteroatoms. The molecule has 0 aliphatic carbocycles. The monoisotopic (exact) mass is 337 g/mol. The van der Waals surface area contributed by atoms with Crippen molar-refractivity contribution in [3.63, 3.8) is 0 Å². The van der Waals surface area contributed by atoms with E-state index in [1.165, 1.54) is 24.4 Å². The molecule has 3 nitrogen and oxygen atoms in total. The van der Waals surface area contributed by atoms with Gasteiger partial charge >= 0.3 is 0 Å². The van der Waals surface area contributed by atoms with Crippen molar-refractivity contribution in [3.8, 4) is 0 Å². The van der Waals surface area contributed by atoms with E-state index in [-0.39, 0.29) is 9.79 Å². The Morgan fingerprint density at radius 2 is 1.52 bits per heavy atom. The van der Waals surface area contributed by atoms with Gasteiger partial charge in [0.05, 0.1) is 15.3 Å². The van der Waals surface area contributed by atoms with E-state index in [2.05, 4.69) is 4.98 Å². The van der Waals surface area contributed by atoms with E-state index in [9.17, 15) is 8.42 Å². The zero-order valence-corrected chi connectivity index (χ0v) is 13.0. The topological polar surface area (TPSA) is 47.0 Å². The second-order valence-electron chi connectivity index (χ2n) is 4.43. The molecule has 0 unspecified atom stereocenters. The first kappa shape index (κ1) is 14.3. The van der Waals surface area contributed by atoms with Crippen LogP contribution in [0.5, 0.6) is 0 Å². The molecule has 0 amide bonds. The number of hydrogen-bond acceptors (Lipinski definition) is 3. The minimum absolute atomic E-state index is 0.189. The van der Waals surface area contributed by atoms with Crippen LogP contribution in [0.25, 0.3) is 10.9 Å². The molecule has 0 aliphatic rings. The molecule has 1 heterocycles. The van der Waals surface area contributed by atoms with Gasteiger partial charge in [-0.05, 0) is 42.5 Å². The number of rotatable bonds is 2. The normalized spacial score (nSPS) is 11.7. The standard InChI is InChI=1S/C15H9Cl2NO2S/c16-10-1-4-12(5-2-10)21(19,20)15-7-8-18-14-9-11(17)3-6-13(14)15/h1-9H. The van der Waals surface area contributed by atoms with Crippen LogP contribution in [0.3, 0.4) is 0 Å². The highest BCUT2D eigenvalue weighted by atomic mass is 35.5. The number of pyridine rings is 1. The van der Waals surface area contributed by atoms with Gasteiger partial charge < -0.3 is 0 Å². The van der Waals surface area contributed by atoms with Crippen LogP contribution in [0, 0.1) is 0 Å². The smallest absolute Gasteiger partial charge is 0.207 e. The highest BCUT2D eigenvalue weighted by Crippen LogP contribution is 2.29. The average molecular weight is 338 g/mol. The van der Waals surface area contributed by atoms with Crippen molar-refractivity contribution < 1.29 is 8.42 Å². The lowest BCUT2D eigenvalue weighted by Gasteiger charge is -2.08. The van der Waals surface area contributed by atoms with Crippen LogP contribution in [0.2, 0.25) is 10.0 Å².